The predicted octanol–water partition coefficient (Wildman–Crippen LogP) is 5.17. The first-order chi connectivity index (χ1) is 18.3. The molecule has 1 N–H and O–H groups in total. The van der Waals surface area contributed by atoms with Gasteiger partial charge in [0.25, 0.3) is 5.91 Å². The van der Waals surface area contributed by atoms with Crippen LogP contribution in [0.3, 0.4) is 0 Å². The molecular formula is C31H30N2O5. The maximum absolute atomic E-state index is 13.4. The summed E-state index contributed by atoms with van der Waals surface area (Å²) in [6, 6.07) is 21.9. The Labute approximate surface area is 221 Å². The lowest BCUT2D eigenvalue weighted by molar-refractivity contribution is -0.122. The Morgan fingerprint density at radius 2 is 1.63 bits per heavy atom. The quantitative estimate of drug-likeness (QED) is 0.365. The molecule has 2 fully saturated rings. The lowest BCUT2D eigenvalue weighted by Crippen LogP contribution is -2.31. The van der Waals surface area contributed by atoms with Crippen LogP contribution < -0.4 is 10.2 Å². The minimum Gasteiger partial charge on any atom is -0.452 e. The highest BCUT2D eigenvalue weighted by molar-refractivity contribution is 6.22. The number of carbonyl (C=O) groups excluding carboxylic acids is 4. The van der Waals surface area contributed by atoms with Crippen LogP contribution in [0.15, 0.2) is 72.8 Å². The monoisotopic (exact) mass is 510 g/mol. The van der Waals surface area contributed by atoms with E-state index in [0.717, 1.165) is 17.5 Å². The molecule has 0 aromatic heterocycles. The number of imide groups is 1. The molecule has 3 atom stereocenters. The van der Waals surface area contributed by atoms with Crippen molar-refractivity contribution in [3.8, 4) is 0 Å². The Morgan fingerprint density at radius 1 is 0.895 bits per heavy atom. The van der Waals surface area contributed by atoms with Gasteiger partial charge < -0.3 is 10.1 Å². The normalized spacial score (nSPS) is 20.7. The van der Waals surface area contributed by atoms with E-state index in [1.807, 2.05) is 44.2 Å². The summed E-state index contributed by atoms with van der Waals surface area (Å²) in [6.45, 7) is 3.40. The summed E-state index contributed by atoms with van der Waals surface area (Å²) in [6.07, 6.45) is 2.14. The fraction of sp³-hybridized carbons (Fsp3) is 0.290. The number of hydrogen-bond acceptors (Lipinski definition) is 5. The average molecular weight is 511 g/mol. The lowest BCUT2D eigenvalue weighted by atomic mass is 9.73. The molecule has 0 spiro atoms. The first-order valence-corrected chi connectivity index (χ1v) is 12.9. The molecule has 1 heterocycles. The molecule has 1 aliphatic carbocycles. The summed E-state index contributed by atoms with van der Waals surface area (Å²) in [7, 11) is 0. The van der Waals surface area contributed by atoms with Crippen LogP contribution in [-0.2, 0) is 19.1 Å². The third-order valence-corrected chi connectivity index (χ3v) is 7.75. The molecular weight excluding hydrogens is 480 g/mol. The number of nitrogens with one attached hydrogen (secondary N) is 1. The maximum atomic E-state index is 13.4. The molecule has 1 aliphatic heterocycles. The predicted molar refractivity (Wildman–Crippen MR) is 144 cm³/mol. The summed E-state index contributed by atoms with van der Waals surface area (Å²) >= 11 is 0. The molecule has 3 aromatic carbocycles. The van der Waals surface area contributed by atoms with Crippen molar-refractivity contribution in [3.05, 3.63) is 95.1 Å². The number of amides is 3. The minimum absolute atomic E-state index is 0.166. The van der Waals surface area contributed by atoms with Crippen molar-refractivity contribution >= 4 is 35.1 Å². The number of hydrogen-bond donors (Lipinski definition) is 1. The van der Waals surface area contributed by atoms with Gasteiger partial charge in [0.15, 0.2) is 6.61 Å². The van der Waals surface area contributed by atoms with E-state index in [9.17, 15) is 19.2 Å². The van der Waals surface area contributed by atoms with Crippen LogP contribution in [0, 0.1) is 25.7 Å². The zero-order chi connectivity index (χ0) is 26.8. The summed E-state index contributed by atoms with van der Waals surface area (Å²) in [5.74, 6) is -2.07. The third-order valence-electron chi connectivity index (χ3n) is 7.75. The number of benzene rings is 3. The standard InChI is InChI=1S/C31H30N2O5/c1-19-8-6-13-27(20(19)2)32-28(34)18-38-31(37)23-11-7-12-24(16-23)33-29(35)25-15-14-22(17-26(25)30(33)36)21-9-4-3-5-10-21/h3-13,16,22,25-26H,14-15,17-18H2,1-2H3,(H,32,34)/t22-,25+,26+/m0/s1. The second-order valence-electron chi connectivity index (χ2n) is 10.1. The first kappa shape index (κ1) is 25.4. The van der Waals surface area contributed by atoms with E-state index in [1.54, 1.807) is 18.2 Å². The molecule has 1 saturated carbocycles. The van der Waals surface area contributed by atoms with Crippen molar-refractivity contribution in [2.75, 3.05) is 16.8 Å². The maximum Gasteiger partial charge on any atom is 0.338 e. The molecule has 1 saturated heterocycles. The molecule has 7 heteroatoms. The van der Waals surface area contributed by atoms with Crippen molar-refractivity contribution in [1.29, 1.82) is 0 Å². The van der Waals surface area contributed by atoms with E-state index >= 15 is 0 Å². The van der Waals surface area contributed by atoms with E-state index in [2.05, 4.69) is 17.4 Å². The van der Waals surface area contributed by atoms with Crippen LogP contribution >= 0.6 is 0 Å². The average Bonchev–Trinajstić information content (AvgIpc) is 3.19. The zero-order valence-electron chi connectivity index (χ0n) is 21.5. The van der Waals surface area contributed by atoms with Gasteiger partial charge in [-0.15, -0.1) is 0 Å². The molecule has 2 aliphatic rings. The summed E-state index contributed by atoms with van der Waals surface area (Å²) in [4.78, 5) is 52.9. The van der Waals surface area contributed by atoms with E-state index in [-0.39, 0.29) is 35.1 Å². The van der Waals surface area contributed by atoms with E-state index in [0.29, 0.717) is 24.2 Å². The second-order valence-corrected chi connectivity index (χ2v) is 10.1. The smallest absolute Gasteiger partial charge is 0.338 e. The number of fused-ring (bicyclic) bond motifs is 1. The Kier molecular flexibility index (Phi) is 7.09. The fourth-order valence-electron chi connectivity index (χ4n) is 5.52. The van der Waals surface area contributed by atoms with Crippen molar-refractivity contribution in [2.24, 2.45) is 11.8 Å². The summed E-state index contributed by atoms with van der Waals surface area (Å²) in [5, 5.41) is 2.76. The number of rotatable bonds is 6. The largest absolute Gasteiger partial charge is 0.452 e. The SMILES string of the molecule is Cc1cccc(NC(=O)COC(=O)c2cccc(N3C(=O)[C@@H]4CC[C@H](c5ccccc5)C[C@H]4C3=O)c2)c1C. The molecule has 38 heavy (non-hydrogen) atoms. The van der Waals surface area contributed by atoms with Gasteiger partial charge in [0, 0.05) is 5.69 Å². The summed E-state index contributed by atoms with van der Waals surface area (Å²) in [5.41, 5.74) is 4.35. The van der Waals surface area contributed by atoms with Crippen LogP contribution in [0.4, 0.5) is 11.4 Å². The zero-order valence-corrected chi connectivity index (χ0v) is 21.5. The van der Waals surface area contributed by atoms with Gasteiger partial charge >= 0.3 is 5.97 Å². The number of aryl methyl sites for hydroxylation is 1. The van der Waals surface area contributed by atoms with Crippen molar-refractivity contribution in [3.63, 3.8) is 0 Å². The van der Waals surface area contributed by atoms with Gasteiger partial charge in [0.2, 0.25) is 11.8 Å². The van der Waals surface area contributed by atoms with Crippen LogP contribution in [0.25, 0.3) is 0 Å². The molecule has 7 nitrogen and oxygen atoms in total. The van der Waals surface area contributed by atoms with E-state index in [4.69, 9.17) is 4.74 Å². The van der Waals surface area contributed by atoms with Gasteiger partial charge in [-0.3, -0.25) is 19.3 Å². The summed E-state index contributed by atoms with van der Waals surface area (Å²) < 4.78 is 5.22. The van der Waals surface area contributed by atoms with Crippen molar-refractivity contribution in [2.45, 2.75) is 39.0 Å². The van der Waals surface area contributed by atoms with Crippen molar-refractivity contribution < 1.29 is 23.9 Å². The molecule has 0 bridgehead atoms. The molecule has 0 unspecified atom stereocenters. The van der Waals surface area contributed by atoms with Gasteiger partial charge in [-0.05, 0) is 80.0 Å². The number of nitrogens with zero attached hydrogens (tertiary/aromatic N) is 1. The molecule has 5 rings (SSSR count). The van der Waals surface area contributed by atoms with Crippen LogP contribution in [0.2, 0.25) is 0 Å². The Bertz CT molecular complexity index is 1400. The Balaban J connectivity index is 1.25. The highest BCUT2D eigenvalue weighted by Crippen LogP contribution is 2.45. The van der Waals surface area contributed by atoms with E-state index in [1.165, 1.54) is 22.6 Å². The molecule has 194 valence electrons. The molecule has 0 radical (unpaired) electrons. The molecule has 3 aromatic rings. The number of esters is 1. The Morgan fingerprint density at radius 3 is 2.42 bits per heavy atom. The number of carbonyl (C=O) groups is 4. The highest BCUT2D eigenvalue weighted by Gasteiger charge is 2.50. The van der Waals surface area contributed by atoms with Gasteiger partial charge in [-0.2, -0.15) is 0 Å². The second kappa shape index (κ2) is 10.6. The van der Waals surface area contributed by atoms with E-state index < -0.39 is 18.5 Å². The number of anilines is 2. The van der Waals surface area contributed by atoms with Crippen LogP contribution in [-0.4, -0.2) is 30.3 Å². The first-order valence-electron chi connectivity index (χ1n) is 12.9. The van der Waals surface area contributed by atoms with Crippen molar-refractivity contribution in [1.82, 2.24) is 0 Å². The highest BCUT2D eigenvalue weighted by atomic mass is 16.5. The topological polar surface area (TPSA) is 92.8 Å². The molecule has 3 amide bonds. The number of ether oxygens (including phenoxy) is 1. The van der Waals surface area contributed by atoms with Crippen LogP contribution in [0.5, 0.6) is 0 Å². The fourth-order valence-corrected chi connectivity index (χ4v) is 5.52. The van der Waals surface area contributed by atoms with Gasteiger partial charge in [-0.25, -0.2) is 4.79 Å². The van der Waals surface area contributed by atoms with Gasteiger partial charge in [-0.1, -0.05) is 48.5 Å². The minimum atomic E-state index is -0.705. The van der Waals surface area contributed by atoms with Gasteiger partial charge in [0.05, 0.1) is 23.1 Å². The van der Waals surface area contributed by atoms with Crippen LogP contribution in [0.1, 0.15) is 52.2 Å². The lowest BCUT2D eigenvalue weighted by Gasteiger charge is -2.28. The third kappa shape index (κ3) is 4.96. The Hall–Kier alpha value is -4.26. The van der Waals surface area contributed by atoms with Gasteiger partial charge in [0.1, 0.15) is 0 Å².